The summed E-state index contributed by atoms with van der Waals surface area (Å²) >= 11 is 0. The van der Waals surface area contributed by atoms with Gasteiger partial charge in [0.2, 0.25) is 0 Å². The van der Waals surface area contributed by atoms with Gasteiger partial charge in [-0.3, -0.25) is 4.79 Å². The van der Waals surface area contributed by atoms with Gasteiger partial charge in [0.05, 0.1) is 24.9 Å². The fourth-order valence-electron chi connectivity index (χ4n) is 4.70. The summed E-state index contributed by atoms with van der Waals surface area (Å²) < 4.78 is 26.5. The molecule has 1 fully saturated rings. The van der Waals surface area contributed by atoms with E-state index in [1.807, 2.05) is 20.8 Å². The van der Waals surface area contributed by atoms with E-state index in [9.17, 15) is 14.0 Å². The fourth-order valence-corrected chi connectivity index (χ4v) is 4.70. The van der Waals surface area contributed by atoms with Crippen LogP contribution in [0, 0.1) is 5.82 Å². The van der Waals surface area contributed by atoms with Crippen molar-refractivity contribution in [3.63, 3.8) is 0 Å². The largest absolute Gasteiger partial charge is 0.493 e. The van der Waals surface area contributed by atoms with Crippen LogP contribution in [0.5, 0.6) is 5.75 Å². The van der Waals surface area contributed by atoms with Gasteiger partial charge < -0.3 is 25.8 Å². The lowest BCUT2D eigenvalue weighted by molar-refractivity contribution is 0.0212. The minimum Gasteiger partial charge on any atom is -0.493 e. The third-order valence-corrected chi connectivity index (χ3v) is 6.26. The maximum Gasteiger partial charge on any atom is 0.410 e. The Kier molecular flexibility index (Phi) is 6.42. The molecule has 4 rings (SSSR count). The monoisotopic (exact) mass is 473 g/mol. The molecule has 34 heavy (non-hydrogen) atoms. The van der Waals surface area contributed by atoms with Crippen LogP contribution in [0.3, 0.4) is 0 Å². The molecule has 1 saturated heterocycles. The van der Waals surface area contributed by atoms with Crippen LogP contribution in [-0.4, -0.2) is 51.5 Å². The summed E-state index contributed by atoms with van der Waals surface area (Å²) in [5, 5.41) is 4.70. The molecule has 10 heteroatoms. The van der Waals surface area contributed by atoms with Gasteiger partial charge in [0.25, 0.3) is 5.91 Å². The first-order valence-electron chi connectivity index (χ1n) is 11.6. The van der Waals surface area contributed by atoms with Crippen LogP contribution in [0.4, 0.5) is 15.0 Å². The molecule has 2 aliphatic heterocycles. The third kappa shape index (κ3) is 4.95. The van der Waals surface area contributed by atoms with Crippen LogP contribution in [-0.2, 0) is 17.7 Å². The Hall–Kier alpha value is -3.30. The molecule has 4 N–H and O–H groups in total. The van der Waals surface area contributed by atoms with Crippen LogP contribution >= 0.6 is 0 Å². The first kappa shape index (κ1) is 23.8. The van der Waals surface area contributed by atoms with E-state index in [0.29, 0.717) is 44.0 Å². The second-order valence-electron chi connectivity index (χ2n) is 9.95. The van der Waals surface area contributed by atoms with Gasteiger partial charge in [0, 0.05) is 18.5 Å². The zero-order chi connectivity index (χ0) is 24.6. The van der Waals surface area contributed by atoms with Gasteiger partial charge in [0.15, 0.2) is 0 Å². The second kappa shape index (κ2) is 9.15. The van der Waals surface area contributed by atoms with E-state index in [1.54, 1.807) is 15.6 Å². The van der Waals surface area contributed by atoms with Gasteiger partial charge in [-0.1, -0.05) is 6.07 Å². The maximum atomic E-state index is 13.6. The van der Waals surface area contributed by atoms with Gasteiger partial charge in [-0.2, -0.15) is 5.10 Å². The van der Waals surface area contributed by atoms with E-state index in [-0.39, 0.29) is 35.3 Å². The molecule has 2 aromatic rings. The molecule has 1 aromatic carbocycles. The second-order valence-corrected chi connectivity index (χ2v) is 9.95. The van der Waals surface area contributed by atoms with Crippen molar-refractivity contribution in [1.29, 1.82) is 0 Å². The molecule has 2 atom stereocenters. The molecule has 0 aliphatic carbocycles. The van der Waals surface area contributed by atoms with Gasteiger partial charge in [-0.25, -0.2) is 13.9 Å². The highest BCUT2D eigenvalue weighted by molar-refractivity contribution is 5.98. The standard InChI is InChI=1S/C24H32FN5O4/c1-24(2,3)34-23(32)29-9-4-5-17(29)13-30-21(26)19(22(27)31)20(28-30)15-8-10-33-18-12-16(25)7-6-14(18)11-15/h6-7,12,15,17H,4-5,8-11,13,26H2,1-3H3,(H2,27,31). The zero-order valence-electron chi connectivity index (χ0n) is 19.8. The molecule has 2 amide bonds. The predicted octanol–water partition coefficient (Wildman–Crippen LogP) is 3.21. The predicted molar refractivity (Wildman–Crippen MR) is 124 cm³/mol. The van der Waals surface area contributed by atoms with Crippen molar-refractivity contribution in [1.82, 2.24) is 14.7 Å². The van der Waals surface area contributed by atoms with Gasteiger partial charge in [-0.05, 0) is 58.1 Å². The summed E-state index contributed by atoms with van der Waals surface area (Å²) in [4.78, 5) is 26.7. The van der Waals surface area contributed by atoms with Crippen molar-refractivity contribution >= 4 is 17.8 Å². The number of rotatable bonds is 4. The average molecular weight is 474 g/mol. The molecular formula is C24H32FN5O4. The number of benzene rings is 1. The summed E-state index contributed by atoms with van der Waals surface area (Å²) in [7, 11) is 0. The quantitative estimate of drug-likeness (QED) is 0.702. The molecule has 0 bridgehead atoms. The highest BCUT2D eigenvalue weighted by Gasteiger charge is 2.35. The number of ether oxygens (including phenoxy) is 2. The minimum atomic E-state index is -0.654. The van der Waals surface area contributed by atoms with Crippen molar-refractivity contribution in [3.05, 3.63) is 40.8 Å². The van der Waals surface area contributed by atoms with Crippen LogP contribution in [0.2, 0.25) is 0 Å². The number of primary amides is 1. The van der Waals surface area contributed by atoms with Gasteiger partial charge in [0.1, 0.15) is 28.5 Å². The van der Waals surface area contributed by atoms with Crippen LogP contribution in [0.1, 0.15) is 67.6 Å². The Bertz CT molecular complexity index is 1090. The smallest absolute Gasteiger partial charge is 0.410 e. The van der Waals surface area contributed by atoms with E-state index in [4.69, 9.17) is 26.0 Å². The number of carbonyl (C=O) groups is 2. The highest BCUT2D eigenvalue weighted by atomic mass is 19.1. The summed E-state index contributed by atoms with van der Waals surface area (Å²) in [6.45, 7) is 6.75. The summed E-state index contributed by atoms with van der Waals surface area (Å²) in [6, 6.07) is 4.28. The number of fused-ring (bicyclic) bond motifs is 1. The number of aromatic nitrogens is 2. The Morgan fingerprint density at radius 1 is 1.29 bits per heavy atom. The molecule has 3 heterocycles. The van der Waals surface area contributed by atoms with Crippen molar-refractivity contribution in [2.24, 2.45) is 5.73 Å². The summed E-state index contributed by atoms with van der Waals surface area (Å²) in [5.74, 6) is -0.519. The van der Waals surface area contributed by atoms with Crippen LogP contribution in [0.15, 0.2) is 18.2 Å². The number of anilines is 1. The van der Waals surface area contributed by atoms with Crippen molar-refractivity contribution in [2.75, 3.05) is 18.9 Å². The Labute approximate surface area is 198 Å². The molecule has 9 nitrogen and oxygen atoms in total. The van der Waals surface area contributed by atoms with Crippen molar-refractivity contribution in [3.8, 4) is 5.75 Å². The number of carbonyl (C=O) groups excluding carboxylic acids is 2. The highest BCUT2D eigenvalue weighted by Crippen LogP contribution is 2.35. The SMILES string of the molecule is CC(C)(C)OC(=O)N1CCCC1Cn1nc(C2CCOc3cc(F)ccc3C2)c(C(N)=O)c1N. The molecule has 184 valence electrons. The number of halogens is 1. The maximum absolute atomic E-state index is 13.6. The molecular weight excluding hydrogens is 441 g/mol. The third-order valence-electron chi connectivity index (χ3n) is 6.26. The fraction of sp³-hybridized carbons (Fsp3) is 0.542. The molecule has 2 aliphatic rings. The number of hydrogen-bond acceptors (Lipinski definition) is 6. The van der Waals surface area contributed by atoms with Gasteiger partial charge in [-0.15, -0.1) is 0 Å². The normalized spacial score (nSPS) is 20.4. The van der Waals surface area contributed by atoms with E-state index in [1.165, 1.54) is 12.1 Å². The van der Waals surface area contributed by atoms with E-state index < -0.39 is 11.5 Å². The minimum absolute atomic E-state index is 0.160. The molecule has 1 aromatic heterocycles. The van der Waals surface area contributed by atoms with E-state index >= 15 is 0 Å². The zero-order valence-corrected chi connectivity index (χ0v) is 19.8. The number of nitrogens with two attached hydrogens (primary N) is 2. The van der Waals surface area contributed by atoms with Crippen molar-refractivity contribution in [2.45, 2.75) is 70.6 Å². The molecule has 0 radical (unpaired) electrons. The summed E-state index contributed by atoms with van der Waals surface area (Å²) in [6.07, 6.45) is 2.32. The van der Waals surface area contributed by atoms with Crippen molar-refractivity contribution < 1.29 is 23.5 Å². The topological polar surface area (TPSA) is 126 Å². The first-order valence-corrected chi connectivity index (χ1v) is 11.6. The van der Waals surface area contributed by atoms with Crippen LogP contribution in [0.25, 0.3) is 0 Å². The molecule has 0 spiro atoms. The van der Waals surface area contributed by atoms with Crippen LogP contribution < -0.4 is 16.2 Å². The Morgan fingerprint density at radius 3 is 2.76 bits per heavy atom. The first-order chi connectivity index (χ1) is 16.0. The lowest BCUT2D eigenvalue weighted by Crippen LogP contribution is -2.41. The van der Waals surface area contributed by atoms with E-state index in [2.05, 4.69) is 0 Å². The number of nitrogens with zero attached hydrogens (tertiary/aromatic N) is 3. The molecule has 2 unspecified atom stereocenters. The Morgan fingerprint density at radius 2 is 2.06 bits per heavy atom. The molecule has 0 saturated carbocycles. The Balaban J connectivity index is 1.60. The van der Waals surface area contributed by atoms with E-state index in [0.717, 1.165) is 18.4 Å². The number of hydrogen-bond donors (Lipinski definition) is 2. The van der Waals surface area contributed by atoms with Gasteiger partial charge >= 0.3 is 6.09 Å². The summed E-state index contributed by atoms with van der Waals surface area (Å²) in [5.41, 5.74) is 13.0. The number of nitrogen functional groups attached to an aromatic ring is 1. The number of likely N-dealkylation sites (tertiary alicyclic amines) is 1. The number of amides is 2. The lowest BCUT2D eigenvalue weighted by Gasteiger charge is -2.28. The average Bonchev–Trinajstić information content (AvgIpc) is 3.26. The lowest BCUT2D eigenvalue weighted by atomic mass is 9.91.